The molecule has 0 aliphatic rings. The maximum Gasteiger partial charge on any atom is 0.254 e. The fourth-order valence-electron chi connectivity index (χ4n) is 2.58. The molecule has 0 bridgehead atoms. The van der Waals surface area contributed by atoms with E-state index in [0.29, 0.717) is 16.6 Å². The third-order valence-corrected chi connectivity index (χ3v) is 5.00. The Labute approximate surface area is 138 Å². The molecule has 6 nitrogen and oxygen atoms in total. The number of aliphatic hydroxyl groups is 1. The highest BCUT2D eigenvalue weighted by molar-refractivity contribution is 7.85. The van der Waals surface area contributed by atoms with Crippen molar-refractivity contribution in [3.63, 3.8) is 0 Å². The second-order valence-corrected chi connectivity index (χ2v) is 7.30. The molecule has 0 aliphatic heterocycles. The maximum atomic E-state index is 10.8. The Bertz CT molecular complexity index is 817. The van der Waals surface area contributed by atoms with Gasteiger partial charge in [0.15, 0.2) is 11.0 Å². The van der Waals surface area contributed by atoms with E-state index in [9.17, 15) is 18.1 Å². The molecule has 22 heavy (non-hydrogen) atoms. The van der Waals surface area contributed by atoms with Gasteiger partial charge >= 0.3 is 0 Å². The van der Waals surface area contributed by atoms with Crippen LogP contribution in [0.2, 0.25) is 10.0 Å². The van der Waals surface area contributed by atoms with E-state index in [1.807, 2.05) is 18.4 Å². The van der Waals surface area contributed by atoms with E-state index >= 15 is 0 Å². The summed E-state index contributed by atoms with van der Waals surface area (Å²) in [6.07, 6.45) is -1.29. The number of hydrogen-bond donors (Lipinski definition) is 1. The monoisotopic (exact) mass is 366 g/mol. The molecule has 0 unspecified atom stereocenters. The number of imidazole rings is 1. The van der Waals surface area contributed by atoms with Crippen LogP contribution in [-0.4, -0.2) is 34.5 Å². The van der Waals surface area contributed by atoms with Gasteiger partial charge in [-0.3, -0.25) is 0 Å². The molecule has 122 valence electrons. The van der Waals surface area contributed by atoms with Gasteiger partial charge in [-0.15, -0.1) is 0 Å². The molecule has 0 spiro atoms. The van der Waals surface area contributed by atoms with Crippen LogP contribution in [0.3, 0.4) is 0 Å². The van der Waals surface area contributed by atoms with Crippen LogP contribution in [0, 0.1) is 6.92 Å². The van der Waals surface area contributed by atoms with Gasteiger partial charge < -0.3 is 9.66 Å². The number of fused-ring (bicyclic) bond motifs is 1. The first-order valence-electron chi connectivity index (χ1n) is 6.63. The first kappa shape index (κ1) is 17.5. The lowest BCUT2D eigenvalue weighted by Gasteiger charge is -2.12. The zero-order valence-electron chi connectivity index (χ0n) is 12.1. The number of benzene rings is 1. The van der Waals surface area contributed by atoms with E-state index in [1.165, 1.54) is 0 Å². The first-order valence-corrected chi connectivity index (χ1v) is 8.96. The van der Waals surface area contributed by atoms with E-state index in [-0.39, 0.29) is 6.54 Å². The largest absolute Gasteiger partial charge is 0.748 e. The molecule has 1 atom stereocenters. The molecule has 1 N–H and O–H groups in total. The van der Waals surface area contributed by atoms with Gasteiger partial charge in [0.05, 0.1) is 32.5 Å². The van der Waals surface area contributed by atoms with Gasteiger partial charge in [0.1, 0.15) is 12.6 Å². The highest BCUT2D eigenvalue weighted by Gasteiger charge is 2.24. The van der Waals surface area contributed by atoms with E-state index in [1.54, 1.807) is 16.7 Å². The third kappa shape index (κ3) is 3.55. The molecular weight excluding hydrogens is 351 g/mol. The second-order valence-electron chi connectivity index (χ2n) is 5.04. The van der Waals surface area contributed by atoms with Crippen LogP contribution in [0.5, 0.6) is 0 Å². The van der Waals surface area contributed by atoms with Crippen molar-refractivity contribution in [3.8, 4) is 0 Å². The van der Waals surface area contributed by atoms with Crippen molar-refractivity contribution < 1.29 is 22.6 Å². The predicted molar refractivity (Wildman–Crippen MR) is 83.1 cm³/mol. The van der Waals surface area contributed by atoms with Crippen molar-refractivity contribution in [2.24, 2.45) is 0 Å². The van der Waals surface area contributed by atoms with Gasteiger partial charge in [0.2, 0.25) is 0 Å². The van der Waals surface area contributed by atoms with Gasteiger partial charge in [0.25, 0.3) is 5.82 Å². The van der Waals surface area contributed by atoms with Crippen LogP contribution in [0.1, 0.15) is 12.7 Å². The van der Waals surface area contributed by atoms with Crippen LogP contribution in [-0.2, 0) is 23.2 Å². The lowest BCUT2D eigenvalue weighted by molar-refractivity contribution is -0.684. The molecule has 0 aliphatic carbocycles. The number of rotatable bonds is 5. The highest BCUT2D eigenvalue weighted by Crippen LogP contribution is 2.27. The molecule has 1 aromatic carbocycles. The smallest absolute Gasteiger partial charge is 0.254 e. The fraction of sp³-hybridized carbons (Fsp3) is 0.462. The van der Waals surface area contributed by atoms with Gasteiger partial charge in [-0.1, -0.05) is 23.2 Å². The van der Waals surface area contributed by atoms with E-state index in [2.05, 4.69) is 0 Å². The summed E-state index contributed by atoms with van der Waals surface area (Å²) >= 11 is 12.1. The Balaban J connectivity index is 2.53. The molecule has 1 heterocycles. The van der Waals surface area contributed by atoms with Crippen molar-refractivity contribution in [1.82, 2.24) is 4.57 Å². The van der Waals surface area contributed by atoms with E-state index in [4.69, 9.17) is 23.2 Å². The Hall–Kier alpha value is -0.860. The van der Waals surface area contributed by atoms with Crippen molar-refractivity contribution in [3.05, 3.63) is 28.0 Å². The van der Waals surface area contributed by atoms with Gasteiger partial charge in [-0.2, -0.15) is 0 Å². The highest BCUT2D eigenvalue weighted by atomic mass is 35.5. The van der Waals surface area contributed by atoms with Crippen molar-refractivity contribution in [2.45, 2.75) is 33.0 Å². The third-order valence-electron chi connectivity index (χ3n) is 3.49. The summed E-state index contributed by atoms with van der Waals surface area (Å²) in [7, 11) is -4.49. The Morgan fingerprint density at radius 2 is 1.95 bits per heavy atom. The van der Waals surface area contributed by atoms with Crippen molar-refractivity contribution in [1.29, 1.82) is 0 Å². The number of hydrogen-bond acceptors (Lipinski definition) is 4. The van der Waals surface area contributed by atoms with Crippen LogP contribution in [0.4, 0.5) is 0 Å². The average Bonchev–Trinajstić information content (AvgIpc) is 2.61. The molecule has 0 radical (unpaired) electrons. The summed E-state index contributed by atoms with van der Waals surface area (Å²) in [5.41, 5.74) is 1.54. The lowest BCUT2D eigenvalue weighted by atomic mass is 10.3. The van der Waals surface area contributed by atoms with E-state index in [0.717, 1.165) is 16.9 Å². The molecule has 0 fully saturated rings. The summed E-state index contributed by atoms with van der Waals surface area (Å²) < 4.78 is 36.0. The fourth-order valence-corrected chi connectivity index (χ4v) is 3.47. The normalized spacial score (nSPS) is 13.7. The topological polar surface area (TPSA) is 86.2 Å². The molecule has 9 heteroatoms. The molecule has 0 amide bonds. The number of aromatic nitrogens is 2. The lowest BCUT2D eigenvalue weighted by Crippen LogP contribution is -2.44. The second kappa shape index (κ2) is 6.33. The zero-order valence-corrected chi connectivity index (χ0v) is 14.4. The summed E-state index contributed by atoms with van der Waals surface area (Å²) in [6, 6.07) is 3.39. The minimum Gasteiger partial charge on any atom is -0.748 e. The predicted octanol–water partition coefficient (Wildman–Crippen LogP) is 1.47. The van der Waals surface area contributed by atoms with Crippen LogP contribution in [0.15, 0.2) is 12.1 Å². The SMILES string of the molecule is CCn1c(C)[n+](C[C@H](O)CS(=O)(=O)[O-])c2cc(Cl)c(Cl)cc21. The molecule has 1 aromatic heterocycles. The molecule has 2 rings (SSSR count). The Kier molecular flexibility index (Phi) is 5.03. The summed E-state index contributed by atoms with van der Waals surface area (Å²) in [5.74, 6) is -0.0299. The molecule has 0 saturated carbocycles. The van der Waals surface area contributed by atoms with E-state index < -0.39 is 22.0 Å². The number of aryl methyl sites for hydroxylation is 1. The summed E-state index contributed by atoms with van der Waals surface area (Å²) in [4.78, 5) is 0. The summed E-state index contributed by atoms with van der Waals surface area (Å²) in [6.45, 7) is 4.44. The number of aliphatic hydroxyl groups excluding tert-OH is 1. The molecule has 2 aromatic rings. The van der Waals surface area contributed by atoms with Gasteiger partial charge in [0, 0.05) is 19.1 Å². The average molecular weight is 367 g/mol. The van der Waals surface area contributed by atoms with Crippen LogP contribution >= 0.6 is 23.2 Å². The Morgan fingerprint density at radius 1 is 1.36 bits per heavy atom. The maximum absolute atomic E-state index is 10.8. The minimum atomic E-state index is -4.49. The number of nitrogens with zero attached hydrogens (tertiary/aromatic N) is 2. The number of halogens is 2. The molecular formula is C13H16Cl2N2O4S. The first-order chi connectivity index (χ1) is 10.1. The van der Waals surface area contributed by atoms with Crippen LogP contribution < -0.4 is 4.57 Å². The standard InChI is InChI=1S/C13H16Cl2N2O4S/c1-3-16-8(2)17(6-9(18)7-22(19,20)21)13-5-11(15)10(14)4-12(13)16/h4-5,9,18H,3,6-7H2,1-2H3/t9-/m0/s1. The van der Waals surface area contributed by atoms with Crippen molar-refractivity contribution in [2.75, 3.05) is 5.75 Å². The van der Waals surface area contributed by atoms with Crippen LogP contribution in [0.25, 0.3) is 11.0 Å². The summed E-state index contributed by atoms with van der Waals surface area (Å²) in [5, 5.41) is 10.6. The van der Waals surface area contributed by atoms with Crippen molar-refractivity contribution >= 4 is 44.4 Å². The van der Waals surface area contributed by atoms with Gasteiger partial charge in [-0.25, -0.2) is 17.6 Å². The zero-order chi connectivity index (χ0) is 16.7. The van der Waals surface area contributed by atoms with Gasteiger partial charge in [-0.05, 0) is 6.92 Å². The minimum absolute atomic E-state index is 0.0191. The Morgan fingerprint density at radius 3 is 2.50 bits per heavy atom. The quantitative estimate of drug-likeness (QED) is 0.641. The molecule has 0 saturated heterocycles.